The van der Waals surface area contributed by atoms with Crippen LogP contribution < -0.4 is 10.1 Å². The lowest BCUT2D eigenvalue weighted by Gasteiger charge is -2.18. The molecule has 2 amide bonds. The lowest BCUT2D eigenvalue weighted by atomic mass is 10.1. The first-order chi connectivity index (χ1) is 12.8. The number of para-hydroxylation sites is 1. The highest BCUT2D eigenvalue weighted by molar-refractivity contribution is 6.39. The average molecular weight is 409 g/mol. The number of amides is 2. The number of halogens is 2. The van der Waals surface area contributed by atoms with Gasteiger partial charge in [-0.1, -0.05) is 41.4 Å². The highest BCUT2D eigenvalue weighted by atomic mass is 35.5. The van der Waals surface area contributed by atoms with Crippen molar-refractivity contribution in [2.45, 2.75) is 6.92 Å². The lowest BCUT2D eigenvalue weighted by Crippen LogP contribution is -2.37. The second-order valence-electron chi connectivity index (χ2n) is 5.77. The summed E-state index contributed by atoms with van der Waals surface area (Å²) in [7, 11) is 1.48. The van der Waals surface area contributed by atoms with Crippen molar-refractivity contribution in [1.29, 1.82) is 0 Å². The lowest BCUT2D eigenvalue weighted by molar-refractivity contribution is -0.135. The van der Waals surface area contributed by atoms with Gasteiger partial charge in [0, 0.05) is 12.6 Å². The first kappa shape index (κ1) is 20.7. The van der Waals surface area contributed by atoms with Gasteiger partial charge in [0.2, 0.25) is 5.91 Å². The summed E-state index contributed by atoms with van der Waals surface area (Å²) in [5.41, 5.74) is 0.785. The Morgan fingerprint density at radius 3 is 2.33 bits per heavy atom. The minimum Gasteiger partial charge on any atom is -0.484 e. The van der Waals surface area contributed by atoms with E-state index in [0.29, 0.717) is 27.0 Å². The molecule has 0 bridgehead atoms. The summed E-state index contributed by atoms with van der Waals surface area (Å²) in [5.74, 6) is -0.543. The van der Waals surface area contributed by atoms with Crippen molar-refractivity contribution in [2.75, 3.05) is 25.5 Å². The zero-order valence-electron chi connectivity index (χ0n) is 14.8. The number of likely N-dealkylation sites (N-methyl/N-ethyl adjacent to an activating group) is 1. The summed E-state index contributed by atoms with van der Waals surface area (Å²) >= 11 is 12.0. The van der Waals surface area contributed by atoms with E-state index in [1.54, 1.807) is 42.5 Å². The number of anilines is 1. The SMILES string of the molecule is CC(=O)c1cccc(OCC(=O)N(C)CC(=O)Nc2c(Cl)cccc2Cl)c1. The number of rotatable bonds is 7. The van der Waals surface area contributed by atoms with E-state index in [9.17, 15) is 14.4 Å². The number of ether oxygens (including phenoxy) is 1. The van der Waals surface area contributed by atoms with Gasteiger partial charge in [0.15, 0.2) is 12.4 Å². The molecule has 0 aliphatic heterocycles. The van der Waals surface area contributed by atoms with Gasteiger partial charge in [-0.05, 0) is 31.2 Å². The summed E-state index contributed by atoms with van der Waals surface area (Å²) in [6.45, 7) is 0.983. The Bertz CT molecular complexity index is 850. The van der Waals surface area contributed by atoms with Gasteiger partial charge in [-0.15, -0.1) is 0 Å². The van der Waals surface area contributed by atoms with Gasteiger partial charge in [-0.3, -0.25) is 14.4 Å². The molecule has 0 unspecified atom stereocenters. The van der Waals surface area contributed by atoms with E-state index in [-0.39, 0.29) is 18.9 Å². The van der Waals surface area contributed by atoms with Gasteiger partial charge in [-0.2, -0.15) is 0 Å². The predicted molar refractivity (Wildman–Crippen MR) is 105 cm³/mol. The molecular formula is C19H18Cl2N2O4. The van der Waals surface area contributed by atoms with Crippen LogP contribution in [0.2, 0.25) is 10.0 Å². The molecule has 0 saturated heterocycles. The fourth-order valence-corrected chi connectivity index (χ4v) is 2.65. The number of ketones is 1. The third-order valence-electron chi connectivity index (χ3n) is 3.64. The standard InChI is InChI=1S/C19H18Cl2N2O4/c1-12(24)13-5-3-6-14(9-13)27-11-18(26)23(2)10-17(25)22-19-15(20)7-4-8-16(19)21/h3-9H,10-11H2,1-2H3,(H,22,25). The minimum absolute atomic E-state index is 0.0983. The van der Waals surface area contributed by atoms with Crippen LogP contribution in [0.25, 0.3) is 0 Å². The van der Waals surface area contributed by atoms with Crippen LogP contribution in [0.3, 0.4) is 0 Å². The van der Waals surface area contributed by atoms with E-state index >= 15 is 0 Å². The molecule has 2 aromatic rings. The van der Waals surface area contributed by atoms with Crippen LogP contribution in [0.15, 0.2) is 42.5 Å². The van der Waals surface area contributed by atoms with Crippen molar-refractivity contribution in [3.8, 4) is 5.75 Å². The third-order valence-corrected chi connectivity index (χ3v) is 4.27. The molecule has 8 heteroatoms. The molecule has 2 rings (SSSR count). The molecule has 0 fully saturated rings. The highest BCUT2D eigenvalue weighted by Gasteiger charge is 2.16. The number of nitrogens with one attached hydrogen (secondary N) is 1. The highest BCUT2D eigenvalue weighted by Crippen LogP contribution is 2.29. The number of carbonyl (C=O) groups is 3. The smallest absolute Gasteiger partial charge is 0.260 e. The van der Waals surface area contributed by atoms with E-state index in [2.05, 4.69) is 5.32 Å². The van der Waals surface area contributed by atoms with Crippen molar-refractivity contribution in [3.05, 3.63) is 58.1 Å². The number of hydrogen-bond donors (Lipinski definition) is 1. The normalized spacial score (nSPS) is 10.2. The molecular weight excluding hydrogens is 391 g/mol. The van der Waals surface area contributed by atoms with Crippen LogP contribution in [0.5, 0.6) is 5.75 Å². The molecule has 0 heterocycles. The molecule has 142 valence electrons. The summed E-state index contributed by atoms with van der Waals surface area (Å²) < 4.78 is 5.40. The molecule has 2 aromatic carbocycles. The molecule has 27 heavy (non-hydrogen) atoms. The zero-order valence-corrected chi connectivity index (χ0v) is 16.3. The minimum atomic E-state index is -0.445. The molecule has 0 saturated carbocycles. The van der Waals surface area contributed by atoms with Crippen molar-refractivity contribution < 1.29 is 19.1 Å². The van der Waals surface area contributed by atoms with Crippen molar-refractivity contribution in [2.24, 2.45) is 0 Å². The number of Topliss-reactive ketones (excluding diaryl/α,β-unsaturated/α-hetero) is 1. The maximum Gasteiger partial charge on any atom is 0.260 e. The van der Waals surface area contributed by atoms with E-state index in [1.807, 2.05) is 0 Å². The first-order valence-corrected chi connectivity index (χ1v) is 8.75. The van der Waals surface area contributed by atoms with Gasteiger partial charge in [-0.25, -0.2) is 0 Å². The van der Waals surface area contributed by atoms with Gasteiger partial charge in [0.1, 0.15) is 5.75 Å². The second kappa shape index (κ2) is 9.39. The van der Waals surface area contributed by atoms with Crippen LogP contribution in [0, 0.1) is 0 Å². The van der Waals surface area contributed by atoms with Gasteiger partial charge < -0.3 is 15.0 Å². The third kappa shape index (κ3) is 5.98. The Balaban J connectivity index is 1.89. The van der Waals surface area contributed by atoms with Crippen LogP contribution in [-0.2, 0) is 9.59 Å². The Morgan fingerprint density at radius 2 is 1.70 bits per heavy atom. The maximum atomic E-state index is 12.2. The fraction of sp³-hybridized carbons (Fsp3) is 0.211. The number of hydrogen-bond acceptors (Lipinski definition) is 4. The van der Waals surface area contributed by atoms with Gasteiger partial charge in [0.05, 0.1) is 22.3 Å². The molecule has 0 spiro atoms. The Kier molecular flexibility index (Phi) is 7.21. The van der Waals surface area contributed by atoms with Crippen molar-refractivity contribution in [3.63, 3.8) is 0 Å². The first-order valence-electron chi connectivity index (χ1n) is 7.99. The van der Waals surface area contributed by atoms with Crippen LogP contribution in [0.4, 0.5) is 5.69 Å². The molecule has 0 radical (unpaired) electrons. The maximum absolute atomic E-state index is 12.2. The second-order valence-corrected chi connectivity index (χ2v) is 6.58. The molecule has 0 atom stereocenters. The number of carbonyl (C=O) groups excluding carboxylic acids is 3. The van der Waals surface area contributed by atoms with E-state index < -0.39 is 11.8 Å². The quantitative estimate of drug-likeness (QED) is 0.708. The molecule has 0 aliphatic rings. The van der Waals surface area contributed by atoms with Gasteiger partial charge in [0.25, 0.3) is 5.91 Å². The monoisotopic (exact) mass is 408 g/mol. The summed E-state index contributed by atoms with van der Waals surface area (Å²) in [6, 6.07) is 11.4. The fourth-order valence-electron chi connectivity index (χ4n) is 2.16. The summed E-state index contributed by atoms with van der Waals surface area (Å²) in [5, 5.41) is 3.19. The topological polar surface area (TPSA) is 75.7 Å². The van der Waals surface area contributed by atoms with Crippen molar-refractivity contribution in [1.82, 2.24) is 4.90 Å². The Morgan fingerprint density at radius 1 is 1.07 bits per heavy atom. The zero-order chi connectivity index (χ0) is 20.0. The number of benzene rings is 2. The average Bonchev–Trinajstić information content (AvgIpc) is 2.63. The van der Waals surface area contributed by atoms with E-state index in [4.69, 9.17) is 27.9 Å². The largest absolute Gasteiger partial charge is 0.484 e. The molecule has 1 N–H and O–H groups in total. The van der Waals surface area contributed by atoms with Crippen molar-refractivity contribution >= 4 is 46.5 Å². The molecule has 0 aromatic heterocycles. The Hall–Kier alpha value is -2.57. The van der Waals surface area contributed by atoms with Crippen LogP contribution in [0.1, 0.15) is 17.3 Å². The molecule has 6 nitrogen and oxygen atoms in total. The Labute approximate surface area is 167 Å². The predicted octanol–water partition coefficient (Wildman–Crippen LogP) is 3.67. The summed E-state index contributed by atoms with van der Waals surface area (Å²) in [6.07, 6.45) is 0. The number of nitrogens with zero attached hydrogens (tertiary/aromatic N) is 1. The van der Waals surface area contributed by atoms with Gasteiger partial charge >= 0.3 is 0 Å². The summed E-state index contributed by atoms with van der Waals surface area (Å²) in [4.78, 5) is 36.9. The van der Waals surface area contributed by atoms with E-state index in [0.717, 1.165) is 0 Å². The van der Waals surface area contributed by atoms with Crippen LogP contribution in [-0.4, -0.2) is 42.7 Å². The van der Waals surface area contributed by atoms with E-state index in [1.165, 1.54) is 18.9 Å². The van der Waals surface area contributed by atoms with Crippen LogP contribution >= 0.6 is 23.2 Å². The molecule has 0 aliphatic carbocycles.